The van der Waals surface area contributed by atoms with Crippen molar-refractivity contribution in [1.82, 2.24) is 10.3 Å². The molecule has 0 bridgehead atoms. The summed E-state index contributed by atoms with van der Waals surface area (Å²) < 4.78 is 1.04. The number of pyridine rings is 1. The van der Waals surface area contributed by atoms with Gasteiger partial charge in [-0.15, -0.1) is 0 Å². The Morgan fingerprint density at radius 3 is 2.87 bits per heavy atom. The third kappa shape index (κ3) is 5.09. The van der Waals surface area contributed by atoms with E-state index in [1.54, 1.807) is 6.20 Å². The predicted octanol–water partition coefficient (Wildman–Crippen LogP) is 3.50. The average Bonchev–Trinajstić information content (AvgIpc) is 2.24. The Balaban J connectivity index is 2.41. The van der Waals surface area contributed by atoms with E-state index >= 15 is 0 Å². The van der Waals surface area contributed by atoms with Crippen LogP contribution in [0.1, 0.15) is 25.3 Å². The molecule has 1 rings (SSSR count). The first-order chi connectivity index (χ1) is 7.26. The van der Waals surface area contributed by atoms with Crippen LogP contribution in [0.15, 0.2) is 22.9 Å². The topological polar surface area (TPSA) is 24.9 Å². The standard InChI is InChI=1S/C11H16Br2N2/c1-2-11(3-4-12)15-7-9-5-10(13)8-14-6-9/h5-6,8,11,15H,2-4,7H2,1H3. The van der Waals surface area contributed by atoms with Crippen molar-refractivity contribution in [1.29, 1.82) is 0 Å². The first-order valence-corrected chi connectivity index (χ1v) is 7.06. The lowest BCUT2D eigenvalue weighted by atomic mass is 10.1. The maximum absolute atomic E-state index is 4.14. The first-order valence-electron chi connectivity index (χ1n) is 5.15. The summed E-state index contributed by atoms with van der Waals surface area (Å²) in [5, 5.41) is 4.57. The van der Waals surface area contributed by atoms with Gasteiger partial charge in [-0.25, -0.2) is 0 Å². The second kappa shape index (κ2) is 7.36. The van der Waals surface area contributed by atoms with E-state index in [2.05, 4.69) is 55.2 Å². The number of hydrogen-bond donors (Lipinski definition) is 1. The highest BCUT2D eigenvalue weighted by Crippen LogP contribution is 2.10. The van der Waals surface area contributed by atoms with E-state index in [0.717, 1.165) is 29.2 Å². The van der Waals surface area contributed by atoms with Crippen LogP contribution in [-0.4, -0.2) is 16.4 Å². The molecule has 0 saturated carbocycles. The molecular formula is C11H16Br2N2. The fourth-order valence-corrected chi connectivity index (χ4v) is 2.36. The molecule has 0 spiro atoms. The summed E-state index contributed by atoms with van der Waals surface area (Å²) in [6.07, 6.45) is 6.03. The second-order valence-electron chi connectivity index (χ2n) is 3.48. The van der Waals surface area contributed by atoms with Gasteiger partial charge in [-0.2, -0.15) is 0 Å². The van der Waals surface area contributed by atoms with Gasteiger partial charge in [-0.1, -0.05) is 22.9 Å². The van der Waals surface area contributed by atoms with Gasteiger partial charge in [0.1, 0.15) is 0 Å². The number of alkyl halides is 1. The third-order valence-corrected chi connectivity index (χ3v) is 3.20. The van der Waals surface area contributed by atoms with Crippen molar-refractivity contribution in [2.24, 2.45) is 0 Å². The van der Waals surface area contributed by atoms with Crippen LogP contribution in [0.3, 0.4) is 0 Å². The maximum atomic E-state index is 4.14. The third-order valence-electron chi connectivity index (χ3n) is 2.31. The molecule has 1 aromatic rings. The van der Waals surface area contributed by atoms with Crippen molar-refractivity contribution in [2.45, 2.75) is 32.4 Å². The SMILES string of the molecule is CCC(CCBr)NCc1cncc(Br)c1. The number of aromatic nitrogens is 1. The number of halogens is 2. The molecule has 1 heterocycles. The zero-order chi connectivity index (χ0) is 11.1. The van der Waals surface area contributed by atoms with Crippen LogP contribution in [0.4, 0.5) is 0 Å². The minimum absolute atomic E-state index is 0.586. The fraction of sp³-hybridized carbons (Fsp3) is 0.545. The quantitative estimate of drug-likeness (QED) is 0.805. The van der Waals surface area contributed by atoms with E-state index in [0.29, 0.717) is 6.04 Å². The Bertz CT molecular complexity index is 292. The summed E-state index contributed by atoms with van der Waals surface area (Å²) in [5.41, 5.74) is 1.22. The van der Waals surface area contributed by atoms with Gasteiger partial charge in [0.25, 0.3) is 0 Å². The van der Waals surface area contributed by atoms with E-state index in [1.807, 2.05) is 6.20 Å². The summed E-state index contributed by atoms with van der Waals surface area (Å²) in [5.74, 6) is 0. The van der Waals surface area contributed by atoms with Crippen LogP contribution >= 0.6 is 31.9 Å². The zero-order valence-electron chi connectivity index (χ0n) is 8.84. The van der Waals surface area contributed by atoms with Crippen LogP contribution in [0.5, 0.6) is 0 Å². The highest BCUT2D eigenvalue weighted by Gasteiger charge is 2.04. The molecule has 0 saturated heterocycles. The summed E-state index contributed by atoms with van der Waals surface area (Å²) in [7, 11) is 0. The number of nitrogens with one attached hydrogen (secondary N) is 1. The zero-order valence-corrected chi connectivity index (χ0v) is 12.0. The van der Waals surface area contributed by atoms with Crippen molar-refractivity contribution >= 4 is 31.9 Å². The van der Waals surface area contributed by atoms with Crippen molar-refractivity contribution in [3.05, 3.63) is 28.5 Å². The highest BCUT2D eigenvalue weighted by atomic mass is 79.9. The summed E-state index contributed by atoms with van der Waals surface area (Å²) in [4.78, 5) is 4.14. The van der Waals surface area contributed by atoms with Gasteiger partial charge in [0.15, 0.2) is 0 Å². The van der Waals surface area contributed by atoms with Crippen LogP contribution in [0.2, 0.25) is 0 Å². The van der Waals surface area contributed by atoms with Crippen LogP contribution in [0.25, 0.3) is 0 Å². The molecule has 0 aromatic carbocycles. The lowest BCUT2D eigenvalue weighted by Crippen LogP contribution is -2.28. The van der Waals surface area contributed by atoms with Crippen molar-refractivity contribution < 1.29 is 0 Å². The highest BCUT2D eigenvalue weighted by molar-refractivity contribution is 9.10. The summed E-state index contributed by atoms with van der Waals surface area (Å²) in [6.45, 7) is 3.09. The molecule has 0 aliphatic carbocycles. The molecule has 4 heteroatoms. The molecule has 1 N–H and O–H groups in total. The van der Waals surface area contributed by atoms with E-state index in [-0.39, 0.29) is 0 Å². The van der Waals surface area contributed by atoms with Crippen molar-refractivity contribution in [2.75, 3.05) is 5.33 Å². The lowest BCUT2D eigenvalue weighted by molar-refractivity contribution is 0.487. The minimum Gasteiger partial charge on any atom is -0.310 e. The Labute approximate surface area is 108 Å². The van der Waals surface area contributed by atoms with E-state index < -0.39 is 0 Å². The van der Waals surface area contributed by atoms with E-state index in [4.69, 9.17) is 0 Å². The molecule has 1 unspecified atom stereocenters. The molecule has 0 aliphatic heterocycles. The second-order valence-corrected chi connectivity index (χ2v) is 5.18. The van der Waals surface area contributed by atoms with Gasteiger partial charge < -0.3 is 5.32 Å². The maximum Gasteiger partial charge on any atom is 0.0410 e. The summed E-state index contributed by atoms with van der Waals surface area (Å²) >= 11 is 6.89. The Hall–Kier alpha value is 0.0700. The normalized spacial score (nSPS) is 12.7. The molecule has 0 aliphatic rings. The molecule has 0 radical (unpaired) electrons. The van der Waals surface area contributed by atoms with Gasteiger partial charge in [-0.3, -0.25) is 4.98 Å². The largest absolute Gasteiger partial charge is 0.310 e. The molecule has 1 atom stereocenters. The average molecular weight is 336 g/mol. The van der Waals surface area contributed by atoms with E-state index in [9.17, 15) is 0 Å². The van der Waals surface area contributed by atoms with Gasteiger partial charge in [-0.05, 0) is 40.4 Å². The lowest BCUT2D eigenvalue weighted by Gasteiger charge is -2.15. The van der Waals surface area contributed by atoms with Gasteiger partial charge in [0, 0.05) is 34.8 Å². The Morgan fingerprint density at radius 1 is 1.47 bits per heavy atom. The fourth-order valence-electron chi connectivity index (χ4n) is 1.40. The van der Waals surface area contributed by atoms with E-state index in [1.165, 1.54) is 5.56 Å². The molecule has 0 fully saturated rings. The van der Waals surface area contributed by atoms with Crippen LogP contribution in [-0.2, 0) is 6.54 Å². The van der Waals surface area contributed by atoms with Crippen LogP contribution < -0.4 is 5.32 Å². The van der Waals surface area contributed by atoms with Gasteiger partial charge in [0.05, 0.1) is 0 Å². The number of rotatable bonds is 6. The smallest absolute Gasteiger partial charge is 0.0410 e. The Kier molecular flexibility index (Phi) is 6.45. The molecule has 1 aromatic heterocycles. The van der Waals surface area contributed by atoms with Crippen LogP contribution in [0, 0.1) is 0 Å². The molecule has 84 valence electrons. The molecule has 0 amide bonds. The summed E-state index contributed by atoms with van der Waals surface area (Å²) in [6, 6.07) is 2.68. The van der Waals surface area contributed by atoms with Gasteiger partial charge >= 0.3 is 0 Å². The minimum atomic E-state index is 0.586. The van der Waals surface area contributed by atoms with Gasteiger partial charge in [0.2, 0.25) is 0 Å². The monoisotopic (exact) mass is 334 g/mol. The molecule has 15 heavy (non-hydrogen) atoms. The van der Waals surface area contributed by atoms with Crippen molar-refractivity contribution in [3.8, 4) is 0 Å². The first kappa shape index (κ1) is 13.1. The number of hydrogen-bond acceptors (Lipinski definition) is 2. The number of nitrogens with zero attached hydrogens (tertiary/aromatic N) is 1. The molecular weight excluding hydrogens is 320 g/mol. The van der Waals surface area contributed by atoms with Crippen molar-refractivity contribution in [3.63, 3.8) is 0 Å². The molecule has 2 nitrogen and oxygen atoms in total. The Morgan fingerprint density at radius 2 is 2.27 bits per heavy atom. The predicted molar refractivity (Wildman–Crippen MR) is 71.3 cm³/mol.